The molecule has 3 aromatic rings. The van der Waals surface area contributed by atoms with Crippen LogP contribution in [0.5, 0.6) is 0 Å². The van der Waals surface area contributed by atoms with E-state index in [1.165, 1.54) is 5.56 Å². The zero-order chi connectivity index (χ0) is 23.4. The normalized spacial score (nSPS) is 15.5. The van der Waals surface area contributed by atoms with Crippen molar-refractivity contribution in [3.8, 4) is 22.4 Å². The number of aryl methyl sites for hydroxylation is 1. The number of nitrogens with zero attached hydrogens (tertiary/aromatic N) is 2. The summed E-state index contributed by atoms with van der Waals surface area (Å²) in [4.78, 5) is 32.1. The Kier molecular flexibility index (Phi) is 6.73. The molecule has 2 heterocycles. The Hall–Kier alpha value is -3.67. The van der Waals surface area contributed by atoms with Gasteiger partial charge in [0.15, 0.2) is 0 Å². The number of pyridine rings is 1. The summed E-state index contributed by atoms with van der Waals surface area (Å²) in [6.07, 6.45) is 1.44. The Morgan fingerprint density at radius 2 is 1.70 bits per heavy atom. The molecular weight excluding hydrogens is 412 g/mol. The maximum absolute atomic E-state index is 13.2. The van der Waals surface area contributed by atoms with Gasteiger partial charge in [-0.2, -0.15) is 0 Å². The molecule has 170 valence electrons. The first-order chi connectivity index (χ1) is 15.9. The van der Waals surface area contributed by atoms with Crippen molar-refractivity contribution < 1.29 is 9.59 Å². The lowest BCUT2D eigenvalue weighted by atomic mass is 10.0. The van der Waals surface area contributed by atoms with Gasteiger partial charge in [0.1, 0.15) is 11.9 Å². The molecule has 0 spiro atoms. The van der Waals surface area contributed by atoms with Crippen molar-refractivity contribution in [3.05, 3.63) is 72.3 Å². The molecular formula is C27H30N4O2. The van der Waals surface area contributed by atoms with Crippen LogP contribution in [0.2, 0.25) is 0 Å². The third kappa shape index (κ3) is 5.40. The summed E-state index contributed by atoms with van der Waals surface area (Å²) < 4.78 is 0. The van der Waals surface area contributed by atoms with Crippen molar-refractivity contribution in [2.24, 2.45) is 0 Å². The van der Waals surface area contributed by atoms with Gasteiger partial charge < -0.3 is 15.5 Å². The third-order valence-electron chi connectivity index (χ3n) is 5.76. The number of urea groups is 1. The standard InChI is InChI=1S/C27H30N4O2/c1-18(2)28-27(33)31-15-7-10-24(31)26(32)30-25-17-22(20-13-11-19(3)12-14-20)16-23(29-25)21-8-5-4-6-9-21/h4-6,8-9,11-14,16-18,24H,7,10,15H2,1-3H3,(H,28,33)(H,29,30,32)/t24-/m0/s1. The van der Waals surface area contributed by atoms with Gasteiger partial charge in [-0.3, -0.25) is 4.79 Å². The zero-order valence-electron chi connectivity index (χ0n) is 19.3. The molecule has 33 heavy (non-hydrogen) atoms. The van der Waals surface area contributed by atoms with E-state index in [0.29, 0.717) is 18.8 Å². The van der Waals surface area contributed by atoms with Crippen LogP contribution < -0.4 is 10.6 Å². The van der Waals surface area contributed by atoms with Gasteiger partial charge in [0.25, 0.3) is 0 Å². The molecule has 1 aromatic heterocycles. The minimum absolute atomic E-state index is 0.0168. The van der Waals surface area contributed by atoms with E-state index in [9.17, 15) is 9.59 Å². The number of rotatable bonds is 5. The van der Waals surface area contributed by atoms with Crippen LogP contribution in [0, 0.1) is 6.92 Å². The summed E-state index contributed by atoms with van der Waals surface area (Å²) in [5.74, 6) is 0.270. The molecule has 0 radical (unpaired) electrons. The molecule has 6 nitrogen and oxygen atoms in total. The van der Waals surface area contributed by atoms with Gasteiger partial charge in [0.05, 0.1) is 5.69 Å². The molecule has 1 aliphatic heterocycles. The molecule has 4 rings (SSSR count). The molecule has 0 unspecified atom stereocenters. The molecule has 6 heteroatoms. The summed E-state index contributed by atoms with van der Waals surface area (Å²) in [6.45, 7) is 6.45. The Morgan fingerprint density at radius 1 is 0.970 bits per heavy atom. The second-order valence-electron chi connectivity index (χ2n) is 8.80. The minimum Gasteiger partial charge on any atom is -0.336 e. The van der Waals surface area contributed by atoms with Gasteiger partial charge in [-0.25, -0.2) is 9.78 Å². The van der Waals surface area contributed by atoms with Crippen LogP contribution in [0.1, 0.15) is 32.3 Å². The lowest BCUT2D eigenvalue weighted by Gasteiger charge is -2.25. The first kappa shape index (κ1) is 22.5. The molecule has 1 atom stereocenters. The highest BCUT2D eigenvalue weighted by Crippen LogP contribution is 2.29. The predicted molar refractivity (Wildman–Crippen MR) is 132 cm³/mol. The maximum atomic E-state index is 13.2. The van der Waals surface area contributed by atoms with Crippen molar-refractivity contribution in [3.63, 3.8) is 0 Å². The number of hydrogen-bond acceptors (Lipinski definition) is 3. The van der Waals surface area contributed by atoms with Crippen molar-refractivity contribution in [1.29, 1.82) is 0 Å². The molecule has 0 saturated carbocycles. The van der Waals surface area contributed by atoms with Gasteiger partial charge in [-0.1, -0.05) is 60.2 Å². The molecule has 0 aliphatic carbocycles. The van der Waals surface area contributed by atoms with Gasteiger partial charge in [0.2, 0.25) is 5.91 Å². The smallest absolute Gasteiger partial charge is 0.318 e. The summed E-state index contributed by atoms with van der Waals surface area (Å²) in [5.41, 5.74) is 4.96. The van der Waals surface area contributed by atoms with Gasteiger partial charge >= 0.3 is 6.03 Å². The van der Waals surface area contributed by atoms with Gasteiger partial charge in [-0.15, -0.1) is 0 Å². The number of hydrogen-bond donors (Lipinski definition) is 2. The highest BCUT2D eigenvalue weighted by Gasteiger charge is 2.34. The molecule has 1 aliphatic rings. The third-order valence-corrected chi connectivity index (χ3v) is 5.76. The van der Waals surface area contributed by atoms with Crippen molar-refractivity contribution in [2.75, 3.05) is 11.9 Å². The van der Waals surface area contributed by atoms with Crippen LogP contribution in [-0.2, 0) is 4.79 Å². The number of amides is 3. The average molecular weight is 443 g/mol. The Labute approximate surface area is 195 Å². The van der Waals surface area contributed by atoms with Gasteiger partial charge in [0, 0.05) is 18.2 Å². The first-order valence-electron chi connectivity index (χ1n) is 11.4. The van der Waals surface area contributed by atoms with Crippen LogP contribution in [0.25, 0.3) is 22.4 Å². The predicted octanol–water partition coefficient (Wildman–Crippen LogP) is 5.24. The fourth-order valence-corrected chi connectivity index (χ4v) is 4.09. The Morgan fingerprint density at radius 3 is 2.39 bits per heavy atom. The molecule has 1 fully saturated rings. The number of aromatic nitrogens is 1. The second kappa shape index (κ2) is 9.86. The molecule has 3 amide bonds. The second-order valence-corrected chi connectivity index (χ2v) is 8.80. The fraction of sp³-hybridized carbons (Fsp3) is 0.296. The minimum atomic E-state index is -0.506. The zero-order valence-corrected chi connectivity index (χ0v) is 19.3. The molecule has 2 N–H and O–H groups in total. The maximum Gasteiger partial charge on any atom is 0.318 e. The van der Waals surface area contributed by atoms with E-state index >= 15 is 0 Å². The van der Waals surface area contributed by atoms with E-state index in [1.807, 2.05) is 56.3 Å². The van der Waals surface area contributed by atoms with Crippen LogP contribution in [0.15, 0.2) is 66.7 Å². The highest BCUT2D eigenvalue weighted by atomic mass is 16.2. The first-order valence-corrected chi connectivity index (χ1v) is 11.4. The number of likely N-dealkylation sites (tertiary alicyclic amines) is 1. The monoisotopic (exact) mass is 442 g/mol. The lowest BCUT2D eigenvalue weighted by Crippen LogP contribution is -2.49. The number of nitrogens with one attached hydrogen (secondary N) is 2. The average Bonchev–Trinajstić information content (AvgIpc) is 3.30. The van der Waals surface area contributed by atoms with Crippen molar-refractivity contribution >= 4 is 17.8 Å². The lowest BCUT2D eigenvalue weighted by molar-refractivity contribution is -0.119. The summed E-state index contributed by atoms with van der Waals surface area (Å²) in [7, 11) is 0. The SMILES string of the molecule is Cc1ccc(-c2cc(NC(=O)[C@@H]3CCCN3C(=O)NC(C)C)nc(-c3ccccc3)c2)cc1. The fourth-order valence-electron chi connectivity index (χ4n) is 4.09. The van der Waals surface area contributed by atoms with Crippen molar-refractivity contribution in [2.45, 2.75) is 45.7 Å². The van der Waals surface area contributed by atoms with Crippen LogP contribution in [0.3, 0.4) is 0 Å². The number of carbonyl (C=O) groups excluding carboxylic acids is 2. The largest absolute Gasteiger partial charge is 0.336 e. The molecule has 1 saturated heterocycles. The van der Waals surface area contributed by atoms with Crippen LogP contribution >= 0.6 is 0 Å². The Balaban J connectivity index is 1.64. The van der Waals surface area contributed by atoms with E-state index < -0.39 is 6.04 Å². The van der Waals surface area contributed by atoms with Crippen molar-refractivity contribution in [1.82, 2.24) is 15.2 Å². The summed E-state index contributed by atoms with van der Waals surface area (Å²) >= 11 is 0. The van der Waals surface area contributed by atoms with E-state index in [0.717, 1.165) is 28.8 Å². The van der Waals surface area contributed by atoms with E-state index in [4.69, 9.17) is 4.98 Å². The molecule has 0 bridgehead atoms. The van der Waals surface area contributed by atoms with E-state index in [-0.39, 0.29) is 18.0 Å². The highest BCUT2D eigenvalue weighted by molar-refractivity contribution is 5.97. The Bertz CT molecular complexity index is 1130. The van der Waals surface area contributed by atoms with E-state index in [1.54, 1.807) is 4.90 Å². The topological polar surface area (TPSA) is 74.3 Å². The molecule has 2 aromatic carbocycles. The van der Waals surface area contributed by atoms with Gasteiger partial charge in [-0.05, 0) is 56.9 Å². The number of carbonyl (C=O) groups is 2. The number of anilines is 1. The van der Waals surface area contributed by atoms with Crippen LogP contribution in [0.4, 0.5) is 10.6 Å². The van der Waals surface area contributed by atoms with Crippen LogP contribution in [-0.4, -0.2) is 40.5 Å². The quantitative estimate of drug-likeness (QED) is 0.567. The number of benzene rings is 2. The summed E-state index contributed by atoms with van der Waals surface area (Å²) in [5, 5.41) is 5.87. The van der Waals surface area contributed by atoms with E-state index in [2.05, 4.69) is 41.8 Å². The summed E-state index contributed by atoms with van der Waals surface area (Å²) in [6, 6.07) is 21.4.